The van der Waals surface area contributed by atoms with Gasteiger partial charge in [-0.25, -0.2) is 26.3 Å². The summed E-state index contributed by atoms with van der Waals surface area (Å²) in [5.74, 6) is 0. The Hall–Kier alpha value is 0.380. The van der Waals surface area contributed by atoms with Crippen LogP contribution in [0.4, 0.5) is 30.7 Å². The van der Waals surface area contributed by atoms with Crippen LogP contribution in [0.25, 0.3) is 0 Å². The molecule has 65 valence electrons. The van der Waals surface area contributed by atoms with E-state index < -0.39 is 18.5 Å². The van der Waals surface area contributed by atoms with Gasteiger partial charge < -0.3 is 4.39 Å². The van der Waals surface area contributed by atoms with E-state index in [1.165, 1.54) is 0 Å². The first-order chi connectivity index (χ1) is 4.15. The molecule has 0 aromatic heterocycles. The fourth-order valence-corrected chi connectivity index (χ4v) is 0.161. The Kier molecular flexibility index (Phi) is 4.89. The van der Waals surface area contributed by atoms with Crippen molar-refractivity contribution in [1.82, 2.24) is 0 Å². The third kappa shape index (κ3) is 4.76. The van der Waals surface area contributed by atoms with E-state index >= 15 is 0 Å². The minimum Gasteiger partial charge on any atom is -0.438 e. The molecule has 0 atom stereocenters. The summed E-state index contributed by atoms with van der Waals surface area (Å²) in [7, 11) is 0. The number of alkyl halides is 6. The van der Waals surface area contributed by atoms with E-state index in [-0.39, 0.29) is 25.8 Å². The SMILES string of the molecule is F[C-](C(F)(F)F)C(F)(F)F.[Sc]. The van der Waals surface area contributed by atoms with Crippen molar-refractivity contribution in [2.75, 3.05) is 0 Å². The zero-order valence-electron chi connectivity index (χ0n) is 4.72. The van der Waals surface area contributed by atoms with Gasteiger partial charge in [0.2, 0.25) is 0 Å². The van der Waals surface area contributed by atoms with Crippen LogP contribution in [0, 0.1) is 6.17 Å². The summed E-state index contributed by atoms with van der Waals surface area (Å²) < 4.78 is 76.0. The Labute approximate surface area is 75.5 Å². The van der Waals surface area contributed by atoms with Gasteiger partial charge in [0, 0.05) is 32.0 Å². The Bertz CT molecular complexity index is 97.8. The van der Waals surface area contributed by atoms with Gasteiger partial charge >= 0.3 is 12.4 Å². The van der Waals surface area contributed by atoms with E-state index in [0.29, 0.717) is 0 Å². The number of hydrogen-bond donors (Lipinski definition) is 0. The van der Waals surface area contributed by atoms with Gasteiger partial charge in [0.15, 0.2) is 0 Å². The van der Waals surface area contributed by atoms with Crippen LogP contribution in [-0.2, 0) is 25.8 Å². The monoisotopic (exact) mass is 214 g/mol. The molecule has 0 aliphatic rings. The second-order valence-corrected chi connectivity index (χ2v) is 1.31. The van der Waals surface area contributed by atoms with E-state index in [1.807, 2.05) is 0 Å². The quantitative estimate of drug-likeness (QED) is 0.429. The third-order valence-electron chi connectivity index (χ3n) is 0.498. The predicted molar refractivity (Wildman–Crippen MR) is 16.5 cm³/mol. The van der Waals surface area contributed by atoms with E-state index in [1.54, 1.807) is 0 Å². The summed E-state index contributed by atoms with van der Waals surface area (Å²) in [4.78, 5) is 0. The molecule has 11 heavy (non-hydrogen) atoms. The summed E-state index contributed by atoms with van der Waals surface area (Å²) in [5.41, 5.74) is 0. The second kappa shape index (κ2) is 3.86. The molecule has 0 saturated carbocycles. The van der Waals surface area contributed by atoms with Gasteiger partial charge in [0.1, 0.15) is 0 Å². The average Bonchev–Trinajstić information content (AvgIpc) is 1.59. The van der Waals surface area contributed by atoms with Gasteiger partial charge in [0.05, 0.1) is 0 Å². The fraction of sp³-hybridized carbons (Fsp3) is 0.667. The van der Waals surface area contributed by atoms with Crippen molar-refractivity contribution in [3.63, 3.8) is 0 Å². The summed E-state index contributed by atoms with van der Waals surface area (Å²) in [6.07, 6.45) is -15.8. The number of halogens is 7. The Balaban J connectivity index is 0. The number of rotatable bonds is 0. The largest absolute Gasteiger partial charge is 0.438 e. The van der Waals surface area contributed by atoms with Gasteiger partial charge in [-0.15, -0.1) is 0 Å². The molecular formula is C3F7Sc-. The van der Waals surface area contributed by atoms with Crippen LogP contribution >= 0.6 is 0 Å². The van der Waals surface area contributed by atoms with Crippen LogP contribution in [0.5, 0.6) is 0 Å². The van der Waals surface area contributed by atoms with Crippen LogP contribution < -0.4 is 0 Å². The normalized spacial score (nSPS) is 13.1. The Morgan fingerprint density at radius 1 is 0.727 bits per heavy atom. The Morgan fingerprint density at radius 3 is 0.909 bits per heavy atom. The molecule has 0 aliphatic heterocycles. The minimum atomic E-state index is -5.93. The van der Waals surface area contributed by atoms with E-state index in [9.17, 15) is 30.7 Å². The molecule has 0 N–H and O–H groups in total. The van der Waals surface area contributed by atoms with Crippen molar-refractivity contribution in [3.05, 3.63) is 6.17 Å². The van der Waals surface area contributed by atoms with Crippen molar-refractivity contribution in [2.24, 2.45) is 0 Å². The molecule has 0 saturated heterocycles. The molecule has 8 heteroatoms. The van der Waals surface area contributed by atoms with E-state index in [2.05, 4.69) is 0 Å². The van der Waals surface area contributed by atoms with Crippen molar-refractivity contribution >= 4 is 0 Å². The maximum absolute atomic E-state index is 11.1. The maximum Gasteiger partial charge on any atom is 0.307 e. The molecule has 0 rings (SSSR count). The first-order valence-electron chi connectivity index (χ1n) is 1.82. The predicted octanol–water partition coefficient (Wildman–Crippen LogP) is 2.61. The van der Waals surface area contributed by atoms with Crippen LogP contribution in [0.1, 0.15) is 0 Å². The molecule has 0 bridgehead atoms. The molecule has 0 aliphatic carbocycles. The molecule has 0 amide bonds. The smallest absolute Gasteiger partial charge is 0.307 e. The first kappa shape index (κ1) is 13.9. The molecular weight excluding hydrogens is 214 g/mol. The molecule has 0 fully saturated rings. The zero-order valence-corrected chi connectivity index (χ0v) is 6.53. The molecule has 1 radical (unpaired) electrons. The van der Waals surface area contributed by atoms with Crippen molar-refractivity contribution in [1.29, 1.82) is 0 Å². The molecule has 0 unspecified atom stereocenters. The molecule has 0 nitrogen and oxygen atoms in total. The minimum absolute atomic E-state index is 0. The average molecular weight is 214 g/mol. The number of hydrogen-bond acceptors (Lipinski definition) is 0. The summed E-state index contributed by atoms with van der Waals surface area (Å²) in [6.45, 7) is 0. The summed E-state index contributed by atoms with van der Waals surface area (Å²) >= 11 is 0. The van der Waals surface area contributed by atoms with Crippen LogP contribution in [0.3, 0.4) is 0 Å². The van der Waals surface area contributed by atoms with Gasteiger partial charge in [0.25, 0.3) is 0 Å². The van der Waals surface area contributed by atoms with Crippen LogP contribution in [0.15, 0.2) is 0 Å². The van der Waals surface area contributed by atoms with Crippen molar-refractivity contribution in [3.8, 4) is 0 Å². The summed E-state index contributed by atoms with van der Waals surface area (Å²) in [5, 5.41) is 0. The molecule has 0 aromatic carbocycles. The second-order valence-electron chi connectivity index (χ2n) is 1.31. The van der Waals surface area contributed by atoms with E-state index in [0.717, 1.165) is 0 Å². The zero-order chi connectivity index (χ0) is 8.58. The van der Waals surface area contributed by atoms with Gasteiger partial charge in [-0.3, -0.25) is 0 Å². The van der Waals surface area contributed by atoms with Gasteiger partial charge in [-0.05, 0) is 0 Å². The molecule has 0 heterocycles. The topological polar surface area (TPSA) is 0 Å². The van der Waals surface area contributed by atoms with Gasteiger partial charge in [-0.1, -0.05) is 0 Å². The van der Waals surface area contributed by atoms with Gasteiger partial charge in [-0.2, -0.15) is 0 Å². The standard InChI is InChI=1S/C3F7.Sc/c4-1(2(5,6)7)3(8,9)10;/q-1;. The van der Waals surface area contributed by atoms with Crippen molar-refractivity contribution in [2.45, 2.75) is 12.4 Å². The van der Waals surface area contributed by atoms with E-state index in [4.69, 9.17) is 0 Å². The Morgan fingerprint density at radius 2 is 0.909 bits per heavy atom. The molecule has 0 aromatic rings. The van der Waals surface area contributed by atoms with Crippen LogP contribution in [0.2, 0.25) is 0 Å². The molecule has 0 spiro atoms. The summed E-state index contributed by atoms with van der Waals surface area (Å²) in [6, 6.07) is 0. The maximum atomic E-state index is 11.1. The first-order valence-corrected chi connectivity index (χ1v) is 1.82. The van der Waals surface area contributed by atoms with Crippen LogP contribution in [-0.4, -0.2) is 12.4 Å². The third-order valence-corrected chi connectivity index (χ3v) is 0.498. The fourth-order valence-electron chi connectivity index (χ4n) is 0.161. The van der Waals surface area contributed by atoms with Crippen molar-refractivity contribution < 1.29 is 56.6 Å².